The lowest BCUT2D eigenvalue weighted by molar-refractivity contribution is 0.397. The van der Waals surface area contributed by atoms with Gasteiger partial charge in [0, 0.05) is 0 Å². The number of rotatable bonds is 7. The van der Waals surface area contributed by atoms with E-state index in [-0.39, 0.29) is 9.79 Å². The van der Waals surface area contributed by atoms with E-state index in [1.54, 1.807) is 24.3 Å². The zero-order valence-corrected chi connectivity index (χ0v) is 19.2. The SMILES string of the molecule is COS(=O)(=O)c1cccc(P(c2cccc(C)c2)c2cccc(S(=O)(=O)OC)c2)c1. The van der Waals surface area contributed by atoms with Crippen LogP contribution in [-0.4, -0.2) is 31.1 Å². The lowest BCUT2D eigenvalue weighted by atomic mass is 10.2. The van der Waals surface area contributed by atoms with Crippen LogP contribution in [0.1, 0.15) is 5.56 Å². The molecule has 3 aromatic rings. The van der Waals surface area contributed by atoms with Gasteiger partial charge in [-0.1, -0.05) is 54.1 Å². The molecule has 30 heavy (non-hydrogen) atoms. The van der Waals surface area contributed by atoms with Gasteiger partial charge in [-0.3, -0.25) is 8.37 Å². The summed E-state index contributed by atoms with van der Waals surface area (Å²) in [5.41, 5.74) is 1.04. The monoisotopic (exact) mass is 464 g/mol. The molecule has 0 aliphatic carbocycles. The quantitative estimate of drug-likeness (QED) is 0.394. The Labute approximate surface area is 178 Å². The van der Waals surface area contributed by atoms with Crippen molar-refractivity contribution in [2.24, 2.45) is 0 Å². The Bertz CT molecular complexity index is 1190. The van der Waals surface area contributed by atoms with Crippen molar-refractivity contribution in [2.75, 3.05) is 14.2 Å². The maximum atomic E-state index is 12.2. The number of benzene rings is 3. The van der Waals surface area contributed by atoms with Gasteiger partial charge in [0.25, 0.3) is 20.2 Å². The maximum Gasteiger partial charge on any atom is 0.296 e. The summed E-state index contributed by atoms with van der Waals surface area (Å²) in [6.07, 6.45) is 0. The summed E-state index contributed by atoms with van der Waals surface area (Å²) in [7, 11) is -6.74. The van der Waals surface area contributed by atoms with Crippen LogP contribution in [0.4, 0.5) is 0 Å². The number of aryl methyl sites for hydroxylation is 1. The molecular formula is C21H21O6PS2. The number of hydrogen-bond donors (Lipinski definition) is 0. The lowest BCUT2D eigenvalue weighted by Gasteiger charge is -2.21. The van der Waals surface area contributed by atoms with Gasteiger partial charge < -0.3 is 0 Å². The highest BCUT2D eigenvalue weighted by molar-refractivity contribution is 7.87. The fourth-order valence-electron chi connectivity index (χ4n) is 2.96. The second-order valence-corrected chi connectivity index (χ2v) is 12.1. The Morgan fingerprint density at radius 2 is 1.03 bits per heavy atom. The Balaban J connectivity index is 2.24. The van der Waals surface area contributed by atoms with Crippen molar-refractivity contribution < 1.29 is 25.2 Å². The van der Waals surface area contributed by atoms with Gasteiger partial charge in [0.1, 0.15) is 0 Å². The molecule has 0 radical (unpaired) electrons. The Morgan fingerprint density at radius 3 is 1.43 bits per heavy atom. The molecule has 6 nitrogen and oxygen atoms in total. The van der Waals surface area contributed by atoms with Gasteiger partial charge in [-0.05, 0) is 55.0 Å². The van der Waals surface area contributed by atoms with Crippen LogP contribution in [0.15, 0.2) is 82.6 Å². The molecule has 0 spiro atoms. The van der Waals surface area contributed by atoms with Gasteiger partial charge >= 0.3 is 0 Å². The molecule has 0 unspecified atom stereocenters. The van der Waals surface area contributed by atoms with E-state index in [1.165, 1.54) is 12.1 Å². The van der Waals surface area contributed by atoms with Crippen LogP contribution in [0.5, 0.6) is 0 Å². The third-order valence-electron chi connectivity index (χ3n) is 4.43. The van der Waals surface area contributed by atoms with E-state index in [9.17, 15) is 16.8 Å². The molecule has 3 rings (SSSR count). The molecule has 0 atom stereocenters. The highest BCUT2D eigenvalue weighted by Gasteiger charge is 2.22. The average Bonchev–Trinajstić information content (AvgIpc) is 2.74. The third kappa shape index (κ3) is 4.79. The highest BCUT2D eigenvalue weighted by Crippen LogP contribution is 2.34. The van der Waals surface area contributed by atoms with Gasteiger partial charge in [-0.25, -0.2) is 0 Å². The fourth-order valence-corrected chi connectivity index (χ4v) is 7.02. The minimum Gasteiger partial charge on any atom is -0.270 e. The summed E-state index contributed by atoms with van der Waals surface area (Å²) < 4.78 is 58.2. The van der Waals surface area contributed by atoms with E-state index < -0.39 is 28.2 Å². The zero-order valence-electron chi connectivity index (χ0n) is 16.6. The second kappa shape index (κ2) is 8.96. The minimum absolute atomic E-state index is 0.0447. The first-order valence-corrected chi connectivity index (χ1v) is 13.0. The van der Waals surface area contributed by atoms with E-state index in [1.807, 2.05) is 43.3 Å². The van der Waals surface area contributed by atoms with Gasteiger partial charge in [-0.2, -0.15) is 16.8 Å². The van der Waals surface area contributed by atoms with Crippen LogP contribution < -0.4 is 15.9 Å². The van der Waals surface area contributed by atoms with E-state index in [0.29, 0.717) is 0 Å². The summed E-state index contributed by atoms with van der Waals surface area (Å²) >= 11 is 0. The molecule has 0 aliphatic heterocycles. The first kappa shape index (κ1) is 22.6. The maximum absolute atomic E-state index is 12.2. The standard InChI is InChI=1S/C21H21O6PS2/c1-16-7-4-8-17(13-16)28(18-9-5-11-20(14-18)29(22,23)26-2)19-10-6-12-21(15-19)30(24,25)27-3/h4-15H,1-3H3. The molecule has 0 aromatic heterocycles. The fraction of sp³-hybridized carbons (Fsp3) is 0.143. The zero-order chi connectivity index (χ0) is 21.9. The van der Waals surface area contributed by atoms with Crippen LogP contribution >= 0.6 is 7.92 Å². The predicted octanol–water partition coefficient (Wildman–Crippen LogP) is 2.42. The molecule has 0 aliphatic rings. The third-order valence-corrected chi connectivity index (χ3v) is 9.35. The van der Waals surface area contributed by atoms with Crippen molar-refractivity contribution in [1.29, 1.82) is 0 Å². The molecule has 0 saturated carbocycles. The molecule has 9 heteroatoms. The lowest BCUT2D eigenvalue weighted by Crippen LogP contribution is -2.22. The van der Waals surface area contributed by atoms with Crippen LogP contribution in [-0.2, 0) is 28.6 Å². The van der Waals surface area contributed by atoms with Gasteiger partial charge in [0.05, 0.1) is 24.0 Å². The molecular weight excluding hydrogens is 443 g/mol. The Hall–Kier alpha value is -2.09. The van der Waals surface area contributed by atoms with Crippen molar-refractivity contribution in [1.82, 2.24) is 0 Å². The smallest absolute Gasteiger partial charge is 0.270 e. The van der Waals surface area contributed by atoms with Crippen LogP contribution in [0.2, 0.25) is 0 Å². The van der Waals surface area contributed by atoms with E-state index >= 15 is 0 Å². The van der Waals surface area contributed by atoms with Gasteiger partial charge in [-0.15, -0.1) is 0 Å². The van der Waals surface area contributed by atoms with Crippen molar-refractivity contribution in [2.45, 2.75) is 16.7 Å². The summed E-state index contributed by atoms with van der Waals surface area (Å²) in [4.78, 5) is 0.0895. The normalized spacial score (nSPS) is 12.3. The van der Waals surface area contributed by atoms with Crippen LogP contribution in [0, 0.1) is 6.92 Å². The molecule has 0 N–H and O–H groups in total. The minimum atomic E-state index is -3.87. The van der Waals surface area contributed by atoms with Gasteiger partial charge in [0.15, 0.2) is 0 Å². The molecule has 0 saturated heterocycles. The van der Waals surface area contributed by atoms with E-state index in [4.69, 9.17) is 0 Å². The van der Waals surface area contributed by atoms with Crippen molar-refractivity contribution in [3.8, 4) is 0 Å². The van der Waals surface area contributed by atoms with Crippen molar-refractivity contribution in [3.05, 3.63) is 78.4 Å². The van der Waals surface area contributed by atoms with Gasteiger partial charge in [0.2, 0.25) is 0 Å². The second-order valence-electron chi connectivity index (χ2n) is 6.41. The Morgan fingerprint density at radius 1 is 0.633 bits per heavy atom. The topological polar surface area (TPSA) is 86.7 Å². The largest absolute Gasteiger partial charge is 0.296 e. The van der Waals surface area contributed by atoms with Crippen LogP contribution in [0.3, 0.4) is 0 Å². The Kier molecular flexibility index (Phi) is 6.75. The van der Waals surface area contributed by atoms with Crippen LogP contribution in [0.25, 0.3) is 0 Å². The molecule has 3 aromatic carbocycles. The highest BCUT2D eigenvalue weighted by atomic mass is 32.2. The molecule has 0 fully saturated rings. The summed E-state index contributed by atoms with van der Waals surface area (Å²) in [5, 5.41) is 2.46. The molecule has 0 amide bonds. The first-order valence-electron chi connectivity index (χ1n) is 8.86. The summed E-state index contributed by atoms with van der Waals surface area (Å²) in [6, 6.07) is 20.9. The predicted molar refractivity (Wildman–Crippen MR) is 118 cm³/mol. The van der Waals surface area contributed by atoms with E-state index in [0.717, 1.165) is 35.7 Å². The molecule has 0 bridgehead atoms. The average molecular weight is 465 g/mol. The molecule has 0 heterocycles. The molecule has 158 valence electrons. The van der Waals surface area contributed by atoms with Crippen molar-refractivity contribution in [3.63, 3.8) is 0 Å². The van der Waals surface area contributed by atoms with E-state index in [2.05, 4.69) is 8.37 Å². The first-order chi connectivity index (χ1) is 14.2. The summed E-state index contributed by atoms with van der Waals surface area (Å²) in [6.45, 7) is 1.97. The van der Waals surface area contributed by atoms with Crippen molar-refractivity contribution >= 4 is 44.1 Å². The summed E-state index contributed by atoms with van der Waals surface area (Å²) in [5.74, 6) is 0. The number of hydrogen-bond acceptors (Lipinski definition) is 6.